The van der Waals surface area contributed by atoms with Crippen molar-refractivity contribution in [2.75, 3.05) is 29.9 Å². The number of nitrogens with one attached hydrogen (secondary N) is 1. The van der Waals surface area contributed by atoms with Gasteiger partial charge in [0.15, 0.2) is 5.82 Å². The maximum atomic E-state index is 13.8. The van der Waals surface area contributed by atoms with Gasteiger partial charge < -0.3 is 19.9 Å². The number of aliphatic hydroxyl groups excluding tert-OH is 1. The molecule has 2 aliphatic heterocycles. The van der Waals surface area contributed by atoms with Crippen molar-refractivity contribution >= 4 is 23.2 Å². The average Bonchev–Trinajstić information content (AvgIpc) is 3.29. The van der Waals surface area contributed by atoms with Gasteiger partial charge in [0.1, 0.15) is 17.2 Å². The molecule has 204 valence electrons. The highest BCUT2D eigenvalue weighted by atomic mass is 16.3. The molecular weight excluding hydrogens is 494 g/mol. The van der Waals surface area contributed by atoms with Crippen LogP contribution in [0.15, 0.2) is 65.5 Å². The van der Waals surface area contributed by atoms with Crippen LogP contribution in [0.25, 0.3) is 11.1 Å². The summed E-state index contributed by atoms with van der Waals surface area (Å²) < 4.78 is 3.13. The number of fused-ring (bicyclic) bond motifs is 1. The predicted octanol–water partition coefficient (Wildman–Crippen LogP) is 3.33. The number of piperazine rings is 1. The summed E-state index contributed by atoms with van der Waals surface area (Å²) >= 11 is 0. The van der Waals surface area contributed by atoms with Crippen LogP contribution in [0.4, 0.5) is 17.3 Å². The third-order valence-electron chi connectivity index (χ3n) is 7.42. The highest BCUT2D eigenvalue weighted by Crippen LogP contribution is 2.36. The van der Waals surface area contributed by atoms with E-state index in [9.17, 15) is 14.7 Å². The number of aromatic nitrogens is 4. The first-order chi connectivity index (χ1) is 18.6. The van der Waals surface area contributed by atoms with Gasteiger partial charge >= 0.3 is 0 Å². The minimum atomic E-state index is -0.322. The van der Waals surface area contributed by atoms with Crippen LogP contribution in [-0.4, -0.2) is 54.9 Å². The smallest absolute Gasteiger partial charge is 0.275 e. The molecule has 0 aromatic carbocycles. The zero-order valence-electron chi connectivity index (χ0n) is 22.9. The maximum absolute atomic E-state index is 13.8. The summed E-state index contributed by atoms with van der Waals surface area (Å²) in [5.41, 5.74) is 3.72. The standard InChI is InChI=1S/C29H35N7O3/c1-19-14-24-28(39)36(13-12-35(24)11-8-29(2,3)16-19)26-22(18-37)21(6-9-30-26)20-15-23(27(38)33(4)17-20)31-25-7-10-34(5)32-25/h6-7,9-10,14-15,17,37H,1,8,11-13,16,18H2,2-5H3,(H,31,32)/b24-14-. The molecule has 3 aromatic heterocycles. The Kier molecular flexibility index (Phi) is 6.90. The number of anilines is 3. The lowest BCUT2D eigenvalue weighted by atomic mass is 9.81. The third-order valence-corrected chi connectivity index (χ3v) is 7.42. The molecule has 10 heteroatoms. The number of carbonyl (C=O) groups excluding carboxylic acids is 1. The molecule has 0 saturated carbocycles. The van der Waals surface area contributed by atoms with Gasteiger partial charge in [0.2, 0.25) is 0 Å². The van der Waals surface area contributed by atoms with Crippen molar-refractivity contribution in [1.82, 2.24) is 24.2 Å². The summed E-state index contributed by atoms with van der Waals surface area (Å²) in [5, 5.41) is 17.9. The van der Waals surface area contributed by atoms with E-state index in [1.54, 1.807) is 60.5 Å². The van der Waals surface area contributed by atoms with Gasteiger partial charge in [-0.25, -0.2) is 4.98 Å². The number of allylic oxidation sites excluding steroid dienone is 2. The molecule has 3 aromatic rings. The van der Waals surface area contributed by atoms with E-state index in [0.717, 1.165) is 25.0 Å². The SMILES string of the molecule is C=C1/C=C2/C(=O)N(c3nccc(-c4cc(Nc5ccn(C)n5)c(=O)n(C)c4)c3CO)CCN2CCC(C)(C)C1. The molecule has 5 rings (SSSR count). The Morgan fingerprint density at radius 2 is 1.95 bits per heavy atom. The average molecular weight is 530 g/mol. The number of rotatable bonds is 5. The lowest BCUT2D eigenvalue weighted by molar-refractivity contribution is -0.118. The van der Waals surface area contributed by atoms with Gasteiger partial charge in [-0.05, 0) is 42.0 Å². The zero-order valence-corrected chi connectivity index (χ0v) is 22.9. The predicted molar refractivity (Wildman–Crippen MR) is 151 cm³/mol. The fourth-order valence-electron chi connectivity index (χ4n) is 5.40. The number of aliphatic hydroxyl groups is 1. The van der Waals surface area contributed by atoms with Crippen LogP contribution in [0.1, 0.15) is 32.3 Å². The Balaban J connectivity index is 1.53. The number of carbonyl (C=O) groups is 1. The van der Waals surface area contributed by atoms with Gasteiger partial charge in [0.05, 0.1) is 6.61 Å². The Hall–Kier alpha value is -4.18. The second kappa shape index (κ2) is 10.2. The van der Waals surface area contributed by atoms with E-state index in [4.69, 9.17) is 0 Å². The summed E-state index contributed by atoms with van der Waals surface area (Å²) in [6, 6.07) is 5.30. The van der Waals surface area contributed by atoms with Crippen molar-refractivity contribution in [3.05, 3.63) is 76.6 Å². The van der Waals surface area contributed by atoms with Crippen LogP contribution in [-0.2, 0) is 25.5 Å². The van der Waals surface area contributed by atoms with Crippen molar-refractivity contribution in [2.45, 2.75) is 33.3 Å². The van der Waals surface area contributed by atoms with Gasteiger partial charge in [0.25, 0.3) is 11.5 Å². The van der Waals surface area contributed by atoms with Crippen molar-refractivity contribution in [3.63, 3.8) is 0 Å². The topological polar surface area (TPSA) is 109 Å². The van der Waals surface area contributed by atoms with E-state index in [-0.39, 0.29) is 23.5 Å². The number of nitrogens with zero attached hydrogens (tertiary/aromatic N) is 6. The van der Waals surface area contributed by atoms with Gasteiger partial charge in [-0.1, -0.05) is 26.0 Å². The summed E-state index contributed by atoms with van der Waals surface area (Å²) in [6.07, 6.45) is 8.83. The molecule has 39 heavy (non-hydrogen) atoms. The van der Waals surface area contributed by atoms with Crippen molar-refractivity contribution < 1.29 is 9.90 Å². The molecule has 2 aliphatic rings. The van der Waals surface area contributed by atoms with Gasteiger partial charge in [-0.15, -0.1) is 0 Å². The molecule has 0 unspecified atom stereocenters. The fraction of sp³-hybridized carbons (Fsp3) is 0.379. The van der Waals surface area contributed by atoms with Crippen LogP contribution in [0, 0.1) is 5.41 Å². The van der Waals surface area contributed by atoms with Crippen LogP contribution >= 0.6 is 0 Å². The van der Waals surface area contributed by atoms with E-state index in [1.807, 2.05) is 6.08 Å². The molecule has 0 atom stereocenters. The summed E-state index contributed by atoms with van der Waals surface area (Å²) in [7, 11) is 3.48. The number of hydrogen-bond donors (Lipinski definition) is 2. The minimum Gasteiger partial charge on any atom is -0.392 e. The van der Waals surface area contributed by atoms with E-state index in [1.165, 1.54) is 4.57 Å². The number of pyridine rings is 2. The van der Waals surface area contributed by atoms with Crippen LogP contribution in [0.5, 0.6) is 0 Å². The minimum absolute atomic E-state index is 0.124. The molecule has 0 bridgehead atoms. The van der Waals surface area contributed by atoms with Crippen LogP contribution in [0.2, 0.25) is 0 Å². The highest BCUT2D eigenvalue weighted by molar-refractivity contribution is 6.06. The number of aryl methyl sites for hydroxylation is 2. The Morgan fingerprint density at radius 1 is 1.15 bits per heavy atom. The largest absolute Gasteiger partial charge is 0.392 e. The van der Waals surface area contributed by atoms with E-state index < -0.39 is 0 Å². The zero-order chi connectivity index (χ0) is 27.9. The molecule has 10 nitrogen and oxygen atoms in total. The molecule has 1 fully saturated rings. The molecule has 5 heterocycles. The monoisotopic (exact) mass is 529 g/mol. The van der Waals surface area contributed by atoms with E-state index >= 15 is 0 Å². The second-order valence-corrected chi connectivity index (χ2v) is 11.1. The van der Waals surface area contributed by atoms with Crippen molar-refractivity contribution in [1.29, 1.82) is 0 Å². The molecule has 0 aliphatic carbocycles. The van der Waals surface area contributed by atoms with Crippen molar-refractivity contribution in [3.8, 4) is 11.1 Å². The van der Waals surface area contributed by atoms with Crippen LogP contribution in [0.3, 0.4) is 0 Å². The molecular formula is C29H35N7O3. The third kappa shape index (κ3) is 5.24. The molecule has 0 radical (unpaired) electrons. The first-order valence-corrected chi connectivity index (χ1v) is 13.1. The Labute approximate surface area is 227 Å². The lowest BCUT2D eigenvalue weighted by Crippen LogP contribution is -2.50. The highest BCUT2D eigenvalue weighted by Gasteiger charge is 2.35. The summed E-state index contributed by atoms with van der Waals surface area (Å²) in [4.78, 5) is 35.0. The van der Waals surface area contributed by atoms with Gasteiger partial charge in [-0.3, -0.25) is 19.2 Å². The molecule has 2 N–H and O–H groups in total. The van der Waals surface area contributed by atoms with E-state index in [2.05, 4.69) is 40.7 Å². The second-order valence-electron chi connectivity index (χ2n) is 11.1. The quantitative estimate of drug-likeness (QED) is 0.522. The summed E-state index contributed by atoms with van der Waals surface area (Å²) in [5.74, 6) is 0.812. The summed E-state index contributed by atoms with van der Waals surface area (Å²) in [6.45, 7) is 10.3. The fourth-order valence-corrected chi connectivity index (χ4v) is 5.40. The first-order valence-electron chi connectivity index (χ1n) is 13.1. The normalized spacial score (nSPS) is 18.7. The number of amides is 1. The molecule has 1 amide bonds. The Bertz CT molecular complexity index is 1530. The van der Waals surface area contributed by atoms with E-state index in [0.29, 0.717) is 52.8 Å². The Morgan fingerprint density at radius 3 is 2.67 bits per heavy atom. The molecule has 0 spiro atoms. The van der Waals surface area contributed by atoms with Gasteiger partial charge in [0, 0.05) is 69.5 Å². The lowest BCUT2D eigenvalue weighted by Gasteiger charge is -2.41. The van der Waals surface area contributed by atoms with Crippen LogP contribution < -0.4 is 15.8 Å². The number of hydrogen-bond acceptors (Lipinski definition) is 7. The van der Waals surface area contributed by atoms with Gasteiger partial charge in [-0.2, -0.15) is 5.10 Å². The van der Waals surface area contributed by atoms with Crippen molar-refractivity contribution in [2.24, 2.45) is 19.5 Å². The maximum Gasteiger partial charge on any atom is 0.275 e. The molecule has 1 saturated heterocycles. The first kappa shape index (κ1) is 26.4.